The highest BCUT2D eigenvalue weighted by Gasteiger charge is 2.67. The summed E-state index contributed by atoms with van der Waals surface area (Å²) in [5.74, 6) is 1.56. The van der Waals surface area contributed by atoms with E-state index >= 15 is 0 Å². The van der Waals surface area contributed by atoms with E-state index in [2.05, 4.69) is 20.8 Å². The van der Waals surface area contributed by atoms with Crippen molar-refractivity contribution in [2.45, 2.75) is 84.2 Å². The minimum atomic E-state index is -0.474. The third-order valence-electron chi connectivity index (χ3n) is 9.19. The largest absolute Gasteiger partial charge is 0.469 e. The summed E-state index contributed by atoms with van der Waals surface area (Å²) in [6, 6.07) is 0. The molecule has 1 N–H and O–H groups in total. The van der Waals surface area contributed by atoms with Crippen molar-refractivity contribution in [1.82, 2.24) is 0 Å². The van der Waals surface area contributed by atoms with Gasteiger partial charge in [-0.3, -0.25) is 4.79 Å². The zero-order valence-electron chi connectivity index (χ0n) is 15.9. The topological polar surface area (TPSA) is 46.5 Å². The Kier molecular flexibility index (Phi) is 3.51. The predicted octanol–water partition coefficient (Wildman–Crippen LogP) is 4.32. The maximum Gasteiger partial charge on any atom is 0.311 e. The van der Waals surface area contributed by atoms with Crippen LogP contribution in [0.5, 0.6) is 0 Å². The van der Waals surface area contributed by atoms with Gasteiger partial charge in [0.2, 0.25) is 0 Å². The average Bonchev–Trinajstić information content (AvgIpc) is 2.52. The van der Waals surface area contributed by atoms with Crippen LogP contribution in [0.2, 0.25) is 0 Å². The molecule has 5 rings (SSSR count). The van der Waals surface area contributed by atoms with E-state index in [0.29, 0.717) is 23.2 Å². The summed E-state index contributed by atoms with van der Waals surface area (Å²) < 4.78 is 5.24. The molecule has 5 saturated carbocycles. The minimum Gasteiger partial charge on any atom is -0.469 e. The van der Waals surface area contributed by atoms with Crippen LogP contribution in [0.15, 0.2) is 0 Å². The van der Waals surface area contributed by atoms with Gasteiger partial charge in [-0.15, -0.1) is 0 Å². The second-order valence-corrected chi connectivity index (χ2v) is 10.3. The molecule has 1 unspecified atom stereocenters. The SMILES string of the molecule is COC(=O)[C@]1(C)CCC[C@@]2(C)[C@@H]3C[C@@H]4CC[C@@]3(CC[C@@H]21)CC4(C)O. The number of carbonyl (C=O) groups is 1. The molecule has 0 heterocycles. The number of ether oxygens (including phenoxy) is 1. The summed E-state index contributed by atoms with van der Waals surface area (Å²) >= 11 is 0. The van der Waals surface area contributed by atoms with E-state index in [0.717, 1.165) is 32.1 Å². The lowest BCUT2D eigenvalue weighted by molar-refractivity contribution is -0.234. The van der Waals surface area contributed by atoms with Crippen LogP contribution in [0.3, 0.4) is 0 Å². The first-order valence-electron chi connectivity index (χ1n) is 9.99. The molecule has 24 heavy (non-hydrogen) atoms. The fraction of sp³-hybridized carbons (Fsp3) is 0.952. The summed E-state index contributed by atoms with van der Waals surface area (Å²) in [7, 11) is 1.55. The van der Waals surface area contributed by atoms with E-state index in [4.69, 9.17) is 4.74 Å². The molecule has 0 aromatic carbocycles. The number of fused-ring (bicyclic) bond motifs is 3. The van der Waals surface area contributed by atoms with Crippen LogP contribution in [0.1, 0.15) is 78.6 Å². The standard InChI is InChI=1S/C21H34O3/c1-18-8-5-9-19(2,17(22)24-4)15(18)7-11-21-10-6-14(12-16(18)21)20(3,23)13-21/h14-16,23H,5-13H2,1-4H3/t14-,15-,16-,18+,19+,20?,21+/m0/s1. The fourth-order valence-corrected chi connectivity index (χ4v) is 8.17. The molecule has 5 fully saturated rings. The second-order valence-electron chi connectivity index (χ2n) is 10.3. The van der Waals surface area contributed by atoms with E-state index in [-0.39, 0.29) is 16.8 Å². The van der Waals surface area contributed by atoms with Crippen molar-refractivity contribution in [3.63, 3.8) is 0 Å². The molecule has 5 aliphatic carbocycles. The lowest BCUT2D eigenvalue weighted by Gasteiger charge is -2.69. The van der Waals surface area contributed by atoms with Crippen molar-refractivity contribution in [2.75, 3.05) is 7.11 Å². The molecule has 0 aromatic heterocycles. The monoisotopic (exact) mass is 334 g/mol. The molecule has 3 heteroatoms. The highest BCUT2D eigenvalue weighted by Crippen LogP contribution is 2.72. The summed E-state index contributed by atoms with van der Waals surface area (Å²) in [5.41, 5.74) is -0.243. The van der Waals surface area contributed by atoms with E-state index < -0.39 is 5.60 Å². The number of carbonyl (C=O) groups excluding carboxylic acids is 1. The van der Waals surface area contributed by atoms with E-state index in [1.54, 1.807) is 7.11 Å². The Hall–Kier alpha value is -0.570. The number of aliphatic hydroxyl groups is 1. The summed E-state index contributed by atoms with van der Waals surface area (Å²) in [5, 5.41) is 10.9. The normalized spacial score (nSPS) is 56.3. The number of esters is 1. The summed E-state index contributed by atoms with van der Waals surface area (Å²) in [6.07, 6.45) is 10.3. The molecule has 0 aliphatic heterocycles. The zero-order valence-corrected chi connectivity index (χ0v) is 15.9. The number of methoxy groups -OCH3 is 1. The molecule has 2 bridgehead atoms. The maximum atomic E-state index is 12.6. The van der Waals surface area contributed by atoms with Gasteiger partial charge in [0, 0.05) is 0 Å². The van der Waals surface area contributed by atoms with Crippen LogP contribution in [-0.4, -0.2) is 23.8 Å². The molecule has 7 atom stereocenters. The van der Waals surface area contributed by atoms with Crippen molar-refractivity contribution >= 4 is 5.97 Å². The quantitative estimate of drug-likeness (QED) is 0.726. The van der Waals surface area contributed by atoms with Gasteiger partial charge in [-0.1, -0.05) is 13.3 Å². The predicted molar refractivity (Wildman–Crippen MR) is 93.3 cm³/mol. The lowest BCUT2D eigenvalue weighted by atomic mass is 9.36. The number of hydrogen-bond acceptors (Lipinski definition) is 3. The van der Waals surface area contributed by atoms with Gasteiger partial charge >= 0.3 is 5.97 Å². The Morgan fingerprint density at radius 3 is 2.42 bits per heavy atom. The lowest BCUT2D eigenvalue weighted by Crippen LogP contribution is -2.65. The molecule has 0 saturated heterocycles. The van der Waals surface area contributed by atoms with Crippen LogP contribution in [0, 0.1) is 34.0 Å². The molecule has 0 radical (unpaired) electrons. The van der Waals surface area contributed by atoms with Gasteiger partial charge in [0.1, 0.15) is 0 Å². The first-order chi connectivity index (χ1) is 11.2. The van der Waals surface area contributed by atoms with Crippen LogP contribution in [-0.2, 0) is 9.53 Å². The fourth-order valence-electron chi connectivity index (χ4n) is 8.17. The molecule has 136 valence electrons. The van der Waals surface area contributed by atoms with Crippen LogP contribution < -0.4 is 0 Å². The van der Waals surface area contributed by atoms with Crippen molar-refractivity contribution < 1.29 is 14.6 Å². The van der Waals surface area contributed by atoms with Gasteiger partial charge < -0.3 is 9.84 Å². The Balaban J connectivity index is 1.73. The molecule has 5 aliphatic rings. The molecule has 3 nitrogen and oxygen atoms in total. The maximum absolute atomic E-state index is 12.6. The highest BCUT2D eigenvalue weighted by molar-refractivity contribution is 5.77. The highest BCUT2D eigenvalue weighted by atomic mass is 16.5. The first kappa shape index (κ1) is 16.9. The smallest absolute Gasteiger partial charge is 0.311 e. The van der Waals surface area contributed by atoms with Gasteiger partial charge in [0.15, 0.2) is 0 Å². The summed E-state index contributed by atoms with van der Waals surface area (Å²) in [4.78, 5) is 12.6. The van der Waals surface area contributed by atoms with Gasteiger partial charge in [-0.2, -0.15) is 0 Å². The first-order valence-corrected chi connectivity index (χ1v) is 9.99. The van der Waals surface area contributed by atoms with Crippen LogP contribution >= 0.6 is 0 Å². The molecule has 0 amide bonds. The summed E-state index contributed by atoms with van der Waals surface area (Å²) in [6.45, 7) is 6.71. The van der Waals surface area contributed by atoms with Gasteiger partial charge in [-0.25, -0.2) is 0 Å². The van der Waals surface area contributed by atoms with Gasteiger partial charge in [0.05, 0.1) is 18.1 Å². The average molecular weight is 335 g/mol. The second kappa shape index (κ2) is 4.99. The van der Waals surface area contributed by atoms with Crippen LogP contribution in [0.4, 0.5) is 0 Å². The van der Waals surface area contributed by atoms with Crippen molar-refractivity contribution in [1.29, 1.82) is 0 Å². The van der Waals surface area contributed by atoms with Gasteiger partial charge in [-0.05, 0) is 93.8 Å². The minimum absolute atomic E-state index is 0.00217. The molecule has 0 aromatic rings. The molecular formula is C21H34O3. The third-order valence-corrected chi connectivity index (χ3v) is 9.19. The van der Waals surface area contributed by atoms with Crippen molar-refractivity contribution in [2.24, 2.45) is 34.0 Å². The Morgan fingerprint density at radius 2 is 1.75 bits per heavy atom. The molecular weight excluding hydrogens is 300 g/mol. The van der Waals surface area contributed by atoms with Gasteiger partial charge in [0.25, 0.3) is 0 Å². The third kappa shape index (κ3) is 1.97. The number of rotatable bonds is 1. The van der Waals surface area contributed by atoms with Crippen molar-refractivity contribution in [3.05, 3.63) is 0 Å². The van der Waals surface area contributed by atoms with Crippen molar-refractivity contribution in [3.8, 4) is 0 Å². The van der Waals surface area contributed by atoms with E-state index in [1.165, 1.54) is 25.7 Å². The Bertz CT molecular complexity index is 555. The zero-order chi connectivity index (χ0) is 17.4. The van der Waals surface area contributed by atoms with E-state index in [9.17, 15) is 9.90 Å². The Morgan fingerprint density at radius 1 is 1.04 bits per heavy atom. The Labute approximate surface area is 146 Å². The van der Waals surface area contributed by atoms with Crippen LogP contribution in [0.25, 0.3) is 0 Å². The molecule has 1 spiro atoms. The number of hydrogen-bond donors (Lipinski definition) is 1. The van der Waals surface area contributed by atoms with E-state index in [1.807, 2.05) is 0 Å².